The van der Waals surface area contributed by atoms with Crippen LogP contribution in [-0.4, -0.2) is 9.55 Å². The molecule has 0 aliphatic heterocycles. The molecule has 1 fully saturated rings. The third-order valence-electron chi connectivity index (χ3n) is 4.24. The van der Waals surface area contributed by atoms with E-state index in [9.17, 15) is 0 Å². The van der Waals surface area contributed by atoms with Crippen LogP contribution < -0.4 is 0 Å². The number of aryl methyl sites for hydroxylation is 1. The second kappa shape index (κ2) is 6.25. The lowest BCUT2D eigenvalue weighted by molar-refractivity contribution is 0.417. The van der Waals surface area contributed by atoms with Gasteiger partial charge in [0, 0.05) is 12.5 Å². The van der Waals surface area contributed by atoms with E-state index in [1.165, 1.54) is 32.1 Å². The van der Waals surface area contributed by atoms with E-state index in [2.05, 4.69) is 10.6 Å². The number of imidazole rings is 1. The molecule has 1 aromatic heterocycles. The van der Waals surface area contributed by atoms with Crippen molar-refractivity contribution in [3.63, 3.8) is 0 Å². The SMILES string of the molecule is N#CCCn1c(C2CCCCC2)nc2cc(Cl)c(Cl)cc21. The molecule has 0 amide bonds. The Balaban J connectivity index is 2.10. The summed E-state index contributed by atoms with van der Waals surface area (Å²) in [6.45, 7) is 0.663. The van der Waals surface area contributed by atoms with Gasteiger partial charge in [-0.1, -0.05) is 42.5 Å². The maximum absolute atomic E-state index is 8.91. The summed E-state index contributed by atoms with van der Waals surface area (Å²) < 4.78 is 2.16. The van der Waals surface area contributed by atoms with Gasteiger partial charge in [-0.15, -0.1) is 0 Å². The van der Waals surface area contributed by atoms with Crippen LogP contribution in [0.25, 0.3) is 11.0 Å². The minimum atomic E-state index is 0.478. The zero-order valence-corrected chi connectivity index (χ0v) is 13.3. The molecular formula is C16H17Cl2N3. The van der Waals surface area contributed by atoms with Crippen LogP contribution >= 0.6 is 23.2 Å². The second-order valence-electron chi connectivity index (χ2n) is 5.62. The molecule has 5 heteroatoms. The van der Waals surface area contributed by atoms with Gasteiger partial charge < -0.3 is 4.57 Å². The summed E-state index contributed by atoms with van der Waals surface area (Å²) in [5, 5.41) is 9.98. The predicted octanol–water partition coefficient (Wildman–Crippen LogP) is 5.30. The molecule has 1 aliphatic rings. The molecule has 3 rings (SSSR count). The molecule has 1 heterocycles. The van der Waals surface area contributed by atoms with Crippen molar-refractivity contribution in [2.24, 2.45) is 0 Å². The van der Waals surface area contributed by atoms with Crippen LogP contribution in [-0.2, 0) is 6.54 Å². The van der Waals surface area contributed by atoms with Crippen LogP contribution in [0.2, 0.25) is 10.0 Å². The van der Waals surface area contributed by atoms with E-state index < -0.39 is 0 Å². The van der Waals surface area contributed by atoms with Gasteiger partial charge >= 0.3 is 0 Å². The first kappa shape index (κ1) is 14.7. The van der Waals surface area contributed by atoms with E-state index >= 15 is 0 Å². The molecule has 1 aliphatic carbocycles. The zero-order valence-electron chi connectivity index (χ0n) is 11.8. The van der Waals surface area contributed by atoms with E-state index in [-0.39, 0.29) is 0 Å². The molecule has 1 saturated carbocycles. The Morgan fingerprint density at radius 3 is 2.62 bits per heavy atom. The van der Waals surface area contributed by atoms with Gasteiger partial charge in [0.2, 0.25) is 0 Å². The summed E-state index contributed by atoms with van der Waals surface area (Å²) in [5.41, 5.74) is 1.86. The van der Waals surface area contributed by atoms with E-state index in [1.54, 1.807) is 0 Å². The van der Waals surface area contributed by atoms with Gasteiger partial charge in [-0.05, 0) is 25.0 Å². The van der Waals surface area contributed by atoms with Crippen molar-refractivity contribution in [2.45, 2.75) is 51.0 Å². The molecule has 3 nitrogen and oxygen atoms in total. The number of halogens is 2. The van der Waals surface area contributed by atoms with Crippen LogP contribution in [0.5, 0.6) is 0 Å². The van der Waals surface area contributed by atoms with Crippen molar-refractivity contribution in [2.75, 3.05) is 0 Å². The fourth-order valence-electron chi connectivity index (χ4n) is 3.21. The number of hydrogen-bond donors (Lipinski definition) is 0. The Morgan fingerprint density at radius 1 is 1.19 bits per heavy atom. The van der Waals surface area contributed by atoms with E-state index in [0.29, 0.717) is 28.9 Å². The highest BCUT2D eigenvalue weighted by Crippen LogP contribution is 2.36. The number of nitriles is 1. The number of aromatic nitrogens is 2. The van der Waals surface area contributed by atoms with Crippen LogP contribution in [0, 0.1) is 11.3 Å². The predicted molar refractivity (Wildman–Crippen MR) is 85.8 cm³/mol. The number of hydrogen-bond acceptors (Lipinski definition) is 2. The van der Waals surface area contributed by atoms with Crippen molar-refractivity contribution in [1.29, 1.82) is 5.26 Å². The van der Waals surface area contributed by atoms with Crippen LogP contribution in [0.15, 0.2) is 12.1 Å². The Kier molecular flexibility index (Phi) is 4.37. The Labute approximate surface area is 134 Å². The molecule has 0 saturated heterocycles. The molecule has 0 atom stereocenters. The molecule has 0 bridgehead atoms. The van der Waals surface area contributed by atoms with Crippen molar-refractivity contribution in [3.05, 3.63) is 28.0 Å². The summed E-state index contributed by atoms with van der Waals surface area (Å²) in [6, 6.07) is 5.92. The highest BCUT2D eigenvalue weighted by molar-refractivity contribution is 6.42. The quantitative estimate of drug-likeness (QED) is 0.769. The third kappa shape index (κ3) is 2.88. The van der Waals surface area contributed by atoms with Crippen molar-refractivity contribution >= 4 is 34.2 Å². The highest BCUT2D eigenvalue weighted by atomic mass is 35.5. The van der Waals surface area contributed by atoms with Gasteiger partial charge in [0.05, 0.1) is 33.6 Å². The van der Waals surface area contributed by atoms with Gasteiger partial charge in [0.15, 0.2) is 0 Å². The van der Waals surface area contributed by atoms with Crippen molar-refractivity contribution in [1.82, 2.24) is 9.55 Å². The summed E-state index contributed by atoms with van der Waals surface area (Å²) in [6.07, 6.45) is 6.66. The Bertz CT molecular complexity index is 694. The first-order chi connectivity index (χ1) is 10.2. The Morgan fingerprint density at radius 2 is 1.90 bits per heavy atom. The average molecular weight is 322 g/mol. The zero-order chi connectivity index (χ0) is 14.8. The molecule has 21 heavy (non-hydrogen) atoms. The number of benzene rings is 1. The molecule has 0 unspecified atom stereocenters. The van der Waals surface area contributed by atoms with E-state index in [4.69, 9.17) is 33.4 Å². The van der Waals surface area contributed by atoms with Gasteiger partial charge in [-0.25, -0.2) is 4.98 Å². The van der Waals surface area contributed by atoms with Crippen LogP contribution in [0.4, 0.5) is 0 Å². The maximum Gasteiger partial charge on any atom is 0.113 e. The number of fused-ring (bicyclic) bond motifs is 1. The number of nitrogens with zero attached hydrogens (tertiary/aromatic N) is 3. The summed E-state index contributed by atoms with van der Waals surface area (Å²) in [5.74, 6) is 1.58. The third-order valence-corrected chi connectivity index (χ3v) is 4.96. The fourth-order valence-corrected chi connectivity index (χ4v) is 3.52. The molecular weight excluding hydrogens is 305 g/mol. The summed E-state index contributed by atoms with van der Waals surface area (Å²) in [7, 11) is 0. The first-order valence-electron chi connectivity index (χ1n) is 7.43. The minimum Gasteiger partial charge on any atom is -0.327 e. The molecule has 0 radical (unpaired) electrons. The van der Waals surface area contributed by atoms with Crippen LogP contribution in [0.1, 0.15) is 50.3 Å². The first-order valence-corrected chi connectivity index (χ1v) is 8.18. The lowest BCUT2D eigenvalue weighted by Crippen LogP contribution is -2.12. The lowest BCUT2D eigenvalue weighted by atomic mass is 9.88. The van der Waals surface area contributed by atoms with Gasteiger partial charge in [0.25, 0.3) is 0 Å². The van der Waals surface area contributed by atoms with Crippen molar-refractivity contribution < 1.29 is 0 Å². The van der Waals surface area contributed by atoms with Crippen molar-refractivity contribution in [3.8, 4) is 6.07 Å². The average Bonchev–Trinajstić information content (AvgIpc) is 2.84. The monoisotopic (exact) mass is 321 g/mol. The topological polar surface area (TPSA) is 41.6 Å². The van der Waals surface area contributed by atoms with Gasteiger partial charge in [-0.2, -0.15) is 5.26 Å². The van der Waals surface area contributed by atoms with Gasteiger partial charge in [-0.3, -0.25) is 0 Å². The molecule has 110 valence electrons. The molecule has 1 aromatic carbocycles. The largest absolute Gasteiger partial charge is 0.327 e. The summed E-state index contributed by atoms with van der Waals surface area (Å²) in [4.78, 5) is 4.80. The second-order valence-corrected chi connectivity index (χ2v) is 6.43. The molecule has 0 N–H and O–H groups in total. The number of rotatable bonds is 3. The minimum absolute atomic E-state index is 0.478. The van der Waals surface area contributed by atoms with Gasteiger partial charge in [0.1, 0.15) is 5.82 Å². The Hall–Kier alpha value is -1.24. The molecule has 0 spiro atoms. The normalized spacial score (nSPS) is 16.2. The molecule has 2 aromatic rings. The standard InChI is InChI=1S/C16H17Cl2N3/c17-12-9-14-15(10-13(12)18)21(8-4-7-19)16(20-14)11-5-2-1-3-6-11/h9-11H,1-6,8H2. The maximum atomic E-state index is 8.91. The fraction of sp³-hybridized carbons (Fsp3) is 0.500. The smallest absolute Gasteiger partial charge is 0.113 e. The summed E-state index contributed by atoms with van der Waals surface area (Å²) >= 11 is 12.3. The van der Waals surface area contributed by atoms with E-state index in [0.717, 1.165) is 16.9 Å². The van der Waals surface area contributed by atoms with E-state index in [1.807, 2.05) is 12.1 Å². The van der Waals surface area contributed by atoms with Crippen LogP contribution in [0.3, 0.4) is 0 Å². The lowest BCUT2D eigenvalue weighted by Gasteiger charge is -2.22. The highest BCUT2D eigenvalue weighted by Gasteiger charge is 2.22.